The van der Waals surface area contributed by atoms with Gasteiger partial charge in [-0.2, -0.15) is 5.26 Å². The number of rotatable bonds is 9. The van der Waals surface area contributed by atoms with Crippen LogP contribution in [0.5, 0.6) is 5.75 Å². The van der Waals surface area contributed by atoms with Crippen molar-refractivity contribution in [3.8, 4) is 11.8 Å². The molecule has 1 aromatic carbocycles. The van der Waals surface area contributed by atoms with Gasteiger partial charge in [-0.25, -0.2) is 0 Å². The molecule has 0 aliphatic heterocycles. The molecule has 0 aliphatic rings. The zero-order chi connectivity index (χ0) is 20.5. The SMILES string of the molecule is N#CCCCC/C(C=N)=C/C=C/Cc1cccc(OC(F)(F)F)c1.NC=O. The minimum absolute atomic E-state index is 0.235. The summed E-state index contributed by atoms with van der Waals surface area (Å²) in [5.74, 6) is -0.235. The van der Waals surface area contributed by atoms with E-state index in [9.17, 15) is 13.2 Å². The van der Waals surface area contributed by atoms with Gasteiger partial charge in [0.25, 0.3) is 0 Å². The van der Waals surface area contributed by atoms with Crippen LogP contribution in [0, 0.1) is 16.7 Å². The van der Waals surface area contributed by atoms with Crippen molar-refractivity contribution in [2.75, 3.05) is 0 Å². The highest BCUT2D eigenvalue weighted by Gasteiger charge is 2.30. The number of allylic oxidation sites excluding steroid dienone is 4. The summed E-state index contributed by atoms with van der Waals surface area (Å²) in [7, 11) is 0. The van der Waals surface area contributed by atoms with Crippen LogP contribution in [0.25, 0.3) is 0 Å². The summed E-state index contributed by atoms with van der Waals surface area (Å²) in [5, 5.41) is 15.8. The summed E-state index contributed by atoms with van der Waals surface area (Å²) in [6.45, 7) is 0. The van der Waals surface area contributed by atoms with E-state index in [0.29, 0.717) is 18.4 Å². The number of alkyl halides is 3. The predicted molar refractivity (Wildman–Crippen MR) is 97.2 cm³/mol. The van der Waals surface area contributed by atoms with Crippen LogP contribution in [0.1, 0.15) is 31.2 Å². The fourth-order valence-corrected chi connectivity index (χ4v) is 2.00. The summed E-state index contributed by atoms with van der Waals surface area (Å²) in [5.41, 5.74) is 5.71. The summed E-state index contributed by atoms with van der Waals surface area (Å²) < 4.78 is 40.4. The molecule has 0 heterocycles. The van der Waals surface area contributed by atoms with Crippen LogP contribution < -0.4 is 10.5 Å². The third-order valence-corrected chi connectivity index (χ3v) is 3.12. The maximum atomic E-state index is 12.2. The molecule has 27 heavy (non-hydrogen) atoms. The normalized spacial score (nSPS) is 11.3. The van der Waals surface area contributed by atoms with E-state index in [1.165, 1.54) is 24.4 Å². The van der Waals surface area contributed by atoms with Gasteiger partial charge < -0.3 is 15.9 Å². The number of ether oxygens (including phenoxy) is 1. The van der Waals surface area contributed by atoms with Gasteiger partial charge in [0.2, 0.25) is 6.41 Å². The highest BCUT2D eigenvalue weighted by molar-refractivity contribution is 5.76. The topological polar surface area (TPSA) is 100.0 Å². The van der Waals surface area contributed by atoms with E-state index in [1.807, 2.05) is 6.08 Å². The number of amides is 1. The summed E-state index contributed by atoms with van der Waals surface area (Å²) in [4.78, 5) is 8.58. The van der Waals surface area contributed by atoms with E-state index in [-0.39, 0.29) is 12.2 Å². The Kier molecular flexibility index (Phi) is 12.5. The van der Waals surface area contributed by atoms with E-state index in [0.717, 1.165) is 24.8 Å². The molecule has 0 radical (unpaired) electrons. The first kappa shape index (κ1) is 23.9. The average Bonchev–Trinajstić information content (AvgIpc) is 2.60. The van der Waals surface area contributed by atoms with Crippen LogP contribution in [-0.2, 0) is 11.2 Å². The van der Waals surface area contributed by atoms with Gasteiger partial charge in [0.1, 0.15) is 5.75 Å². The first-order valence-electron chi connectivity index (χ1n) is 8.09. The Morgan fingerprint density at radius 2 is 2.04 bits per heavy atom. The van der Waals surface area contributed by atoms with Crippen LogP contribution in [0.15, 0.2) is 48.1 Å². The van der Waals surface area contributed by atoms with Crippen LogP contribution in [0.4, 0.5) is 13.2 Å². The highest BCUT2D eigenvalue weighted by atomic mass is 19.4. The van der Waals surface area contributed by atoms with Crippen LogP contribution >= 0.6 is 0 Å². The van der Waals surface area contributed by atoms with Crippen molar-refractivity contribution < 1.29 is 22.7 Å². The average molecular weight is 381 g/mol. The minimum atomic E-state index is -4.69. The molecule has 1 aromatic rings. The number of unbranched alkanes of at least 4 members (excludes halogenated alkanes) is 2. The number of nitrogens with two attached hydrogens (primary N) is 1. The number of nitrogens with zero attached hydrogens (tertiary/aromatic N) is 1. The molecule has 0 saturated carbocycles. The summed E-state index contributed by atoms with van der Waals surface area (Å²) in [6.07, 6.45) is 5.57. The number of nitrogens with one attached hydrogen (secondary N) is 1. The number of hydrogen-bond acceptors (Lipinski definition) is 4. The lowest BCUT2D eigenvalue weighted by molar-refractivity contribution is -0.274. The summed E-state index contributed by atoms with van der Waals surface area (Å²) >= 11 is 0. The van der Waals surface area contributed by atoms with Crippen LogP contribution in [-0.4, -0.2) is 19.0 Å². The van der Waals surface area contributed by atoms with Crippen molar-refractivity contribution in [1.82, 2.24) is 0 Å². The van der Waals surface area contributed by atoms with Gasteiger partial charge in [-0.15, -0.1) is 13.2 Å². The lowest BCUT2D eigenvalue weighted by atomic mass is 10.1. The number of benzene rings is 1. The minimum Gasteiger partial charge on any atom is -0.406 e. The third-order valence-electron chi connectivity index (χ3n) is 3.12. The summed E-state index contributed by atoms with van der Waals surface area (Å²) in [6, 6.07) is 7.92. The molecule has 0 fully saturated rings. The Balaban J connectivity index is 0.00000210. The molecule has 1 rings (SSSR count). The smallest absolute Gasteiger partial charge is 0.406 e. The molecule has 0 aliphatic carbocycles. The number of carbonyl (C=O) groups is 1. The van der Waals surface area contributed by atoms with Crippen molar-refractivity contribution in [2.45, 2.75) is 38.5 Å². The Hall–Kier alpha value is -3.08. The third kappa shape index (κ3) is 13.8. The van der Waals surface area contributed by atoms with Gasteiger partial charge in [0.05, 0.1) is 6.07 Å². The van der Waals surface area contributed by atoms with E-state index < -0.39 is 6.36 Å². The Bertz CT molecular complexity index is 678. The second kappa shape index (κ2) is 14.1. The number of hydrogen-bond donors (Lipinski definition) is 2. The molecule has 0 unspecified atom stereocenters. The van der Waals surface area contributed by atoms with Crippen LogP contribution in [0.2, 0.25) is 0 Å². The lowest BCUT2D eigenvalue weighted by Crippen LogP contribution is -2.17. The molecule has 3 N–H and O–H groups in total. The van der Waals surface area contributed by atoms with Crippen molar-refractivity contribution in [1.29, 1.82) is 10.7 Å². The first-order chi connectivity index (χ1) is 12.9. The zero-order valence-electron chi connectivity index (χ0n) is 14.7. The van der Waals surface area contributed by atoms with Gasteiger partial charge >= 0.3 is 6.36 Å². The molecular weight excluding hydrogens is 359 g/mol. The second-order valence-corrected chi connectivity index (χ2v) is 5.21. The molecular formula is C19H22F3N3O2. The molecule has 0 spiro atoms. The van der Waals surface area contributed by atoms with E-state index in [1.54, 1.807) is 18.2 Å². The first-order valence-corrected chi connectivity index (χ1v) is 8.09. The molecule has 8 heteroatoms. The monoisotopic (exact) mass is 381 g/mol. The van der Waals surface area contributed by atoms with Crippen LogP contribution in [0.3, 0.4) is 0 Å². The number of nitriles is 1. The standard InChI is InChI=1S/C18H19F3N2O.CH3NO/c19-18(20,21)24-17-11-6-10-15(13-17)7-3-4-9-16(14-23)8-2-1-5-12-22;2-1-3/h3-4,6,9-11,13-14,23H,1-2,5,7-8H2;1H,(H2,2,3)/b4-3+,16-9-,23-14?;. The van der Waals surface area contributed by atoms with Crippen molar-refractivity contribution in [3.05, 3.63) is 53.6 Å². The fourth-order valence-electron chi connectivity index (χ4n) is 2.00. The highest BCUT2D eigenvalue weighted by Crippen LogP contribution is 2.23. The van der Waals surface area contributed by atoms with Gasteiger partial charge in [0.15, 0.2) is 0 Å². The largest absolute Gasteiger partial charge is 0.573 e. The maximum absolute atomic E-state index is 12.2. The molecule has 0 bridgehead atoms. The van der Waals surface area contributed by atoms with E-state index in [2.05, 4.69) is 16.5 Å². The van der Waals surface area contributed by atoms with Crippen molar-refractivity contribution in [2.24, 2.45) is 5.73 Å². The van der Waals surface area contributed by atoms with Gasteiger partial charge in [-0.1, -0.05) is 30.4 Å². The molecule has 1 amide bonds. The number of carbonyl (C=O) groups excluding carboxylic acids is 1. The van der Waals surface area contributed by atoms with Gasteiger partial charge in [0, 0.05) is 12.6 Å². The molecule has 0 saturated heterocycles. The van der Waals surface area contributed by atoms with Gasteiger partial charge in [-0.3, -0.25) is 4.79 Å². The molecule has 146 valence electrons. The Morgan fingerprint density at radius 1 is 1.33 bits per heavy atom. The Morgan fingerprint density at radius 3 is 2.63 bits per heavy atom. The van der Waals surface area contributed by atoms with Crippen molar-refractivity contribution in [3.63, 3.8) is 0 Å². The second-order valence-electron chi connectivity index (χ2n) is 5.21. The number of halogens is 3. The fraction of sp³-hybridized carbons (Fsp3) is 0.316. The van der Waals surface area contributed by atoms with E-state index >= 15 is 0 Å². The maximum Gasteiger partial charge on any atom is 0.573 e. The molecule has 0 atom stereocenters. The Labute approximate surface area is 156 Å². The molecule has 5 nitrogen and oxygen atoms in total. The van der Waals surface area contributed by atoms with Crippen molar-refractivity contribution >= 4 is 12.6 Å². The zero-order valence-corrected chi connectivity index (χ0v) is 14.7. The molecule has 0 aromatic heterocycles. The van der Waals surface area contributed by atoms with E-state index in [4.69, 9.17) is 15.5 Å². The number of primary amides is 1. The lowest BCUT2D eigenvalue weighted by Gasteiger charge is -2.09. The predicted octanol–water partition coefficient (Wildman–Crippen LogP) is 4.45. The van der Waals surface area contributed by atoms with Gasteiger partial charge in [-0.05, 0) is 49.0 Å². The quantitative estimate of drug-likeness (QED) is 0.286.